The molecule has 4 rings (SSSR count). The lowest BCUT2D eigenvalue weighted by Gasteiger charge is -2.14. The minimum atomic E-state index is -0.354. The molecule has 0 aliphatic heterocycles. The van der Waals surface area contributed by atoms with E-state index in [1.54, 1.807) is 19.3 Å². The van der Waals surface area contributed by atoms with Crippen LogP contribution in [-0.2, 0) is 14.1 Å². The molecular formula is C25H23N3O3. The number of nitrogens with zero attached hydrogens (tertiary/aromatic N) is 3. The molecule has 0 fully saturated rings. The number of ether oxygens (including phenoxy) is 1. The maximum absolute atomic E-state index is 13.1. The molecule has 0 unspecified atom stereocenters. The summed E-state index contributed by atoms with van der Waals surface area (Å²) >= 11 is 0. The Bertz CT molecular complexity index is 1380. The van der Waals surface area contributed by atoms with E-state index < -0.39 is 0 Å². The van der Waals surface area contributed by atoms with Crippen LogP contribution in [0.5, 0.6) is 5.75 Å². The highest BCUT2D eigenvalue weighted by Gasteiger charge is 2.16. The van der Waals surface area contributed by atoms with Crippen molar-refractivity contribution < 1.29 is 4.74 Å². The molecule has 156 valence electrons. The molecule has 1 heterocycles. The van der Waals surface area contributed by atoms with Gasteiger partial charge in [0.1, 0.15) is 5.75 Å². The molecule has 6 nitrogen and oxygen atoms in total. The molecule has 0 amide bonds. The molecule has 0 aliphatic rings. The van der Waals surface area contributed by atoms with E-state index in [0.717, 1.165) is 32.7 Å². The van der Waals surface area contributed by atoms with E-state index in [1.165, 1.54) is 11.6 Å². The van der Waals surface area contributed by atoms with E-state index in [4.69, 9.17) is 4.74 Å². The van der Waals surface area contributed by atoms with Gasteiger partial charge in [0.25, 0.3) is 5.56 Å². The molecule has 0 aliphatic carbocycles. The number of hydrogen-bond acceptors (Lipinski definition) is 4. The van der Waals surface area contributed by atoms with Gasteiger partial charge < -0.3 is 4.74 Å². The van der Waals surface area contributed by atoms with E-state index in [1.807, 2.05) is 67.6 Å². The highest BCUT2D eigenvalue weighted by atomic mass is 16.5. The van der Waals surface area contributed by atoms with Crippen molar-refractivity contribution in [3.63, 3.8) is 0 Å². The maximum Gasteiger partial charge on any atom is 0.330 e. The first-order valence-electron chi connectivity index (χ1n) is 10.1. The van der Waals surface area contributed by atoms with Gasteiger partial charge in [0.05, 0.1) is 23.2 Å². The van der Waals surface area contributed by atoms with Crippen LogP contribution in [0.1, 0.15) is 12.5 Å². The van der Waals surface area contributed by atoms with Gasteiger partial charge in [-0.3, -0.25) is 18.9 Å². The van der Waals surface area contributed by atoms with Crippen molar-refractivity contribution in [2.45, 2.75) is 6.92 Å². The van der Waals surface area contributed by atoms with Gasteiger partial charge in [0, 0.05) is 31.4 Å². The Hall–Kier alpha value is -3.93. The number of hydrogen-bond donors (Lipinski definition) is 0. The highest BCUT2D eigenvalue weighted by molar-refractivity contribution is 6.04. The third-order valence-electron chi connectivity index (χ3n) is 5.23. The molecule has 3 aromatic carbocycles. The van der Waals surface area contributed by atoms with E-state index in [9.17, 15) is 9.59 Å². The van der Waals surface area contributed by atoms with Crippen LogP contribution in [0.4, 0.5) is 5.69 Å². The summed E-state index contributed by atoms with van der Waals surface area (Å²) < 4.78 is 8.11. The molecule has 31 heavy (non-hydrogen) atoms. The quantitative estimate of drug-likeness (QED) is 0.464. The van der Waals surface area contributed by atoms with Crippen LogP contribution in [0.3, 0.4) is 0 Å². The smallest absolute Gasteiger partial charge is 0.330 e. The van der Waals surface area contributed by atoms with E-state index in [-0.39, 0.29) is 11.2 Å². The summed E-state index contributed by atoms with van der Waals surface area (Å²) in [6.45, 7) is 2.55. The summed E-state index contributed by atoms with van der Waals surface area (Å²) in [6, 6.07) is 20.9. The summed E-state index contributed by atoms with van der Waals surface area (Å²) in [6.07, 6.45) is 1.75. The predicted octanol–water partition coefficient (Wildman–Crippen LogP) is 4.05. The topological polar surface area (TPSA) is 65.6 Å². The van der Waals surface area contributed by atoms with Crippen molar-refractivity contribution in [3.05, 3.63) is 93.1 Å². The third kappa shape index (κ3) is 3.80. The van der Waals surface area contributed by atoms with Gasteiger partial charge in [-0.1, -0.05) is 36.4 Å². The van der Waals surface area contributed by atoms with Crippen LogP contribution in [0, 0.1) is 0 Å². The Labute approximate surface area is 179 Å². The van der Waals surface area contributed by atoms with Crippen LogP contribution >= 0.6 is 0 Å². The largest absolute Gasteiger partial charge is 0.494 e. The minimum Gasteiger partial charge on any atom is -0.494 e. The van der Waals surface area contributed by atoms with Gasteiger partial charge in [-0.15, -0.1) is 0 Å². The lowest BCUT2D eigenvalue weighted by Crippen LogP contribution is -2.37. The zero-order chi connectivity index (χ0) is 22.0. The second-order valence-electron chi connectivity index (χ2n) is 7.18. The summed E-state index contributed by atoms with van der Waals surface area (Å²) in [5.74, 6) is 0.793. The molecule has 1 aromatic heterocycles. The number of benzene rings is 3. The minimum absolute atomic E-state index is 0.326. The molecule has 0 saturated carbocycles. The molecule has 0 N–H and O–H groups in total. The lowest BCUT2D eigenvalue weighted by molar-refractivity contribution is 0.340. The van der Waals surface area contributed by atoms with Crippen LogP contribution in [0.25, 0.3) is 22.0 Å². The standard InChI is InChI=1S/C25H23N3O3/c1-4-31-20-13-11-19(12-14-20)26-16-18-10-15-21-23(22(18)17-8-6-5-7-9-17)24(29)28(3)25(30)27(21)2/h5-16H,4H2,1-3H3. The Morgan fingerprint density at radius 1 is 0.903 bits per heavy atom. The van der Waals surface area contributed by atoms with Crippen LogP contribution < -0.4 is 16.0 Å². The average Bonchev–Trinajstić information content (AvgIpc) is 2.81. The summed E-state index contributed by atoms with van der Waals surface area (Å²) in [7, 11) is 3.17. The van der Waals surface area contributed by atoms with Crippen molar-refractivity contribution in [1.29, 1.82) is 0 Å². The normalized spacial score (nSPS) is 11.3. The lowest BCUT2D eigenvalue weighted by atomic mass is 9.96. The fraction of sp³-hybridized carbons (Fsp3) is 0.160. The summed E-state index contributed by atoms with van der Waals surface area (Å²) in [5.41, 5.74) is 3.12. The van der Waals surface area contributed by atoms with Crippen molar-refractivity contribution in [1.82, 2.24) is 9.13 Å². The second kappa shape index (κ2) is 8.44. The Kier molecular flexibility index (Phi) is 5.54. The Balaban J connectivity index is 1.93. The van der Waals surface area contributed by atoms with Gasteiger partial charge in [0.2, 0.25) is 0 Å². The number of rotatable bonds is 5. The van der Waals surface area contributed by atoms with Gasteiger partial charge in [-0.25, -0.2) is 4.79 Å². The molecule has 0 radical (unpaired) electrons. The van der Waals surface area contributed by atoms with E-state index in [0.29, 0.717) is 17.5 Å². The molecule has 0 saturated heterocycles. The fourth-order valence-corrected chi connectivity index (χ4v) is 3.65. The van der Waals surface area contributed by atoms with Gasteiger partial charge >= 0.3 is 5.69 Å². The summed E-state index contributed by atoms with van der Waals surface area (Å²) in [5, 5.41) is 0.492. The van der Waals surface area contributed by atoms with Crippen LogP contribution in [-0.4, -0.2) is 22.0 Å². The first kappa shape index (κ1) is 20.3. The van der Waals surface area contributed by atoms with Gasteiger partial charge in [-0.2, -0.15) is 0 Å². The van der Waals surface area contributed by atoms with E-state index in [2.05, 4.69) is 4.99 Å². The molecule has 0 bridgehead atoms. The Morgan fingerprint density at radius 2 is 1.61 bits per heavy atom. The number of aliphatic imine (C=N–C) groups is 1. The predicted molar refractivity (Wildman–Crippen MR) is 125 cm³/mol. The SMILES string of the molecule is CCOc1ccc(N=Cc2ccc3c(c2-c2ccccc2)c(=O)n(C)c(=O)n3C)cc1. The maximum atomic E-state index is 13.1. The Morgan fingerprint density at radius 3 is 2.29 bits per heavy atom. The van der Waals surface area contributed by atoms with Crippen molar-refractivity contribution >= 4 is 22.8 Å². The monoisotopic (exact) mass is 413 g/mol. The number of aromatic nitrogens is 2. The van der Waals surface area contributed by atoms with Crippen molar-refractivity contribution in [2.24, 2.45) is 19.1 Å². The first-order chi connectivity index (χ1) is 15.0. The molecule has 0 atom stereocenters. The average molecular weight is 413 g/mol. The van der Waals surface area contributed by atoms with E-state index >= 15 is 0 Å². The third-order valence-corrected chi connectivity index (χ3v) is 5.23. The highest BCUT2D eigenvalue weighted by Crippen LogP contribution is 2.29. The first-order valence-corrected chi connectivity index (χ1v) is 10.1. The fourth-order valence-electron chi connectivity index (χ4n) is 3.65. The zero-order valence-electron chi connectivity index (χ0n) is 17.7. The van der Waals surface area contributed by atoms with Crippen molar-refractivity contribution in [2.75, 3.05) is 6.61 Å². The molecule has 4 aromatic rings. The zero-order valence-corrected chi connectivity index (χ0v) is 17.7. The van der Waals surface area contributed by atoms with Crippen LogP contribution in [0.2, 0.25) is 0 Å². The molecule has 0 spiro atoms. The number of fused-ring (bicyclic) bond motifs is 1. The summed E-state index contributed by atoms with van der Waals surface area (Å²) in [4.78, 5) is 30.1. The number of aryl methyl sites for hydroxylation is 1. The second-order valence-corrected chi connectivity index (χ2v) is 7.18. The van der Waals surface area contributed by atoms with Crippen LogP contribution in [0.15, 0.2) is 81.3 Å². The van der Waals surface area contributed by atoms with Crippen molar-refractivity contribution in [3.8, 4) is 16.9 Å². The molecular weight excluding hydrogens is 390 g/mol. The molecule has 6 heteroatoms. The van der Waals surface area contributed by atoms with Gasteiger partial charge in [-0.05, 0) is 42.8 Å². The van der Waals surface area contributed by atoms with Gasteiger partial charge in [0.15, 0.2) is 0 Å².